The Labute approximate surface area is 156 Å². The number of rotatable bonds is 7. The Bertz CT molecular complexity index is 867. The third kappa shape index (κ3) is 4.46. The molecule has 1 atom stereocenters. The lowest BCUT2D eigenvalue weighted by molar-refractivity contribution is -0.394. The first-order valence-electron chi connectivity index (χ1n) is 8.54. The van der Waals surface area contributed by atoms with Crippen LogP contribution in [-0.4, -0.2) is 26.7 Å². The van der Waals surface area contributed by atoms with Crippen molar-refractivity contribution in [1.82, 2.24) is 4.90 Å². The Balaban J connectivity index is 2.53. The van der Waals surface area contributed by atoms with Crippen molar-refractivity contribution in [2.45, 2.75) is 39.8 Å². The molecule has 2 rings (SSSR count). The molecule has 0 aromatic heterocycles. The molecule has 0 saturated carbocycles. The molecule has 0 aliphatic carbocycles. The quantitative estimate of drug-likeness (QED) is 0.534. The zero-order valence-electron chi connectivity index (χ0n) is 15.4. The van der Waals surface area contributed by atoms with Gasteiger partial charge >= 0.3 is 0 Å². The molecule has 142 valence electrons. The number of nitro benzene ring substituents is 2. The van der Waals surface area contributed by atoms with Crippen molar-refractivity contribution in [1.29, 1.82) is 0 Å². The van der Waals surface area contributed by atoms with Crippen LogP contribution in [0.2, 0.25) is 0 Å². The molecule has 0 radical (unpaired) electrons. The number of benzene rings is 2. The van der Waals surface area contributed by atoms with Gasteiger partial charge in [0.1, 0.15) is 0 Å². The fourth-order valence-corrected chi connectivity index (χ4v) is 2.78. The third-order valence-corrected chi connectivity index (χ3v) is 4.58. The van der Waals surface area contributed by atoms with E-state index in [4.69, 9.17) is 0 Å². The number of nitro groups is 2. The van der Waals surface area contributed by atoms with E-state index in [9.17, 15) is 25.0 Å². The summed E-state index contributed by atoms with van der Waals surface area (Å²) in [5.74, 6) is -0.461. The number of carbonyl (C=O) groups is 1. The van der Waals surface area contributed by atoms with Crippen LogP contribution in [0.5, 0.6) is 0 Å². The highest BCUT2D eigenvalue weighted by Crippen LogP contribution is 2.29. The molecule has 0 aliphatic heterocycles. The van der Waals surface area contributed by atoms with Gasteiger partial charge in [0.05, 0.1) is 21.5 Å². The zero-order chi connectivity index (χ0) is 20.1. The second-order valence-corrected chi connectivity index (χ2v) is 6.33. The third-order valence-electron chi connectivity index (χ3n) is 4.58. The van der Waals surface area contributed by atoms with Crippen molar-refractivity contribution in [2.75, 3.05) is 0 Å². The molecule has 27 heavy (non-hydrogen) atoms. The number of carbonyl (C=O) groups excluding carboxylic acids is 1. The first-order valence-corrected chi connectivity index (χ1v) is 8.54. The maximum absolute atomic E-state index is 13.2. The topological polar surface area (TPSA) is 107 Å². The van der Waals surface area contributed by atoms with Gasteiger partial charge in [0, 0.05) is 24.2 Å². The Kier molecular flexibility index (Phi) is 6.23. The van der Waals surface area contributed by atoms with Crippen molar-refractivity contribution in [2.24, 2.45) is 0 Å². The minimum atomic E-state index is -0.728. The van der Waals surface area contributed by atoms with Crippen molar-refractivity contribution >= 4 is 17.3 Å². The van der Waals surface area contributed by atoms with Crippen LogP contribution >= 0.6 is 0 Å². The number of hydrogen-bond acceptors (Lipinski definition) is 5. The normalized spacial score (nSPS) is 11.7. The molecule has 2 aromatic carbocycles. The van der Waals surface area contributed by atoms with Gasteiger partial charge < -0.3 is 4.90 Å². The molecule has 0 N–H and O–H groups in total. The van der Waals surface area contributed by atoms with Gasteiger partial charge in [0.15, 0.2) is 0 Å². The summed E-state index contributed by atoms with van der Waals surface area (Å²) in [6, 6.07) is 11.2. The molecule has 0 fully saturated rings. The van der Waals surface area contributed by atoms with Gasteiger partial charge in [-0.3, -0.25) is 25.0 Å². The van der Waals surface area contributed by atoms with Crippen molar-refractivity contribution < 1.29 is 14.6 Å². The molecular weight excluding hydrogens is 350 g/mol. The van der Waals surface area contributed by atoms with E-state index in [1.165, 1.54) is 6.92 Å². The minimum Gasteiger partial charge on any atom is -0.332 e. The van der Waals surface area contributed by atoms with E-state index >= 15 is 0 Å². The van der Waals surface area contributed by atoms with E-state index in [1.54, 1.807) is 4.90 Å². The van der Waals surface area contributed by atoms with E-state index in [-0.39, 0.29) is 17.2 Å². The number of amides is 1. The molecule has 0 heterocycles. The fraction of sp³-hybridized carbons (Fsp3) is 0.316. The lowest BCUT2D eigenvalue weighted by Gasteiger charge is -2.29. The zero-order valence-corrected chi connectivity index (χ0v) is 15.4. The highest BCUT2D eigenvalue weighted by Gasteiger charge is 2.29. The summed E-state index contributed by atoms with van der Waals surface area (Å²) in [5, 5.41) is 22.5. The van der Waals surface area contributed by atoms with Gasteiger partial charge in [-0.05, 0) is 25.8 Å². The van der Waals surface area contributed by atoms with Gasteiger partial charge in [-0.15, -0.1) is 0 Å². The van der Waals surface area contributed by atoms with Crippen LogP contribution < -0.4 is 0 Å². The Morgan fingerprint density at radius 2 is 1.74 bits per heavy atom. The summed E-state index contributed by atoms with van der Waals surface area (Å²) < 4.78 is 0. The molecule has 0 bridgehead atoms. The standard InChI is InChI=1S/C19H21N3O5/c1-4-13(2)20(12-15-8-6-5-7-9-15)19(23)17-10-16(21(24)25)11-18(14(17)3)22(26)27/h5-11,13H,4,12H2,1-3H3. The van der Waals surface area contributed by atoms with Crippen LogP contribution in [0.3, 0.4) is 0 Å². The molecule has 2 aromatic rings. The van der Waals surface area contributed by atoms with Crippen LogP contribution in [0, 0.1) is 27.2 Å². The van der Waals surface area contributed by atoms with Crippen LogP contribution in [0.4, 0.5) is 11.4 Å². The maximum Gasteiger partial charge on any atom is 0.279 e. The summed E-state index contributed by atoms with van der Waals surface area (Å²) >= 11 is 0. The fourth-order valence-electron chi connectivity index (χ4n) is 2.78. The lowest BCUT2D eigenvalue weighted by atomic mass is 10.0. The molecule has 1 unspecified atom stereocenters. The molecule has 0 saturated heterocycles. The number of hydrogen-bond donors (Lipinski definition) is 0. The molecule has 8 heteroatoms. The number of nitrogens with zero attached hydrogens (tertiary/aromatic N) is 3. The molecule has 0 spiro atoms. The largest absolute Gasteiger partial charge is 0.332 e. The summed E-state index contributed by atoms with van der Waals surface area (Å²) in [7, 11) is 0. The SMILES string of the molecule is CCC(C)N(Cc1ccccc1)C(=O)c1cc([N+](=O)[O-])cc([N+](=O)[O-])c1C. The van der Waals surface area contributed by atoms with Gasteiger partial charge in [0.25, 0.3) is 17.3 Å². The summed E-state index contributed by atoms with van der Waals surface area (Å²) in [4.78, 5) is 35.8. The van der Waals surface area contributed by atoms with Crippen molar-refractivity contribution in [3.05, 3.63) is 79.4 Å². The van der Waals surface area contributed by atoms with E-state index < -0.39 is 27.1 Å². The van der Waals surface area contributed by atoms with Crippen LogP contribution in [0.25, 0.3) is 0 Å². The summed E-state index contributed by atoms with van der Waals surface area (Å²) in [6.45, 7) is 5.55. The highest BCUT2D eigenvalue weighted by molar-refractivity contribution is 5.97. The van der Waals surface area contributed by atoms with Crippen LogP contribution in [-0.2, 0) is 6.54 Å². The van der Waals surface area contributed by atoms with E-state index in [0.717, 1.165) is 17.7 Å². The first kappa shape index (κ1) is 20.0. The van der Waals surface area contributed by atoms with E-state index in [2.05, 4.69) is 0 Å². The minimum absolute atomic E-state index is 0.0212. The first-order chi connectivity index (χ1) is 12.8. The van der Waals surface area contributed by atoms with Crippen LogP contribution in [0.15, 0.2) is 42.5 Å². The second kappa shape index (κ2) is 8.39. The Hall–Kier alpha value is -3.29. The Morgan fingerprint density at radius 1 is 1.11 bits per heavy atom. The van der Waals surface area contributed by atoms with Crippen molar-refractivity contribution in [3.63, 3.8) is 0 Å². The molecule has 1 amide bonds. The van der Waals surface area contributed by atoms with Crippen LogP contribution in [0.1, 0.15) is 41.8 Å². The average Bonchev–Trinajstić information content (AvgIpc) is 2.65. The Morgan fingerprint density at radius 3 is 2.26 bits per heavy atom. The molecule has 8 nitrogen and oxygen atoms in total. The second-order valence-electron chi connectivity index (χ2n) is 6.33. The van der Waals surface area contributed by atoms with Crippen molar-refractivity contribution in [3.8, 4) is 0 Å². The summed E-state index contributed by atoms with van der Waals surface area (Å²) in [6.07, 6.45) is 0.675. The van der Waals surface area contributed by atoms with Gasteiger partial charge in [-0.2, -0.15) is 0 Å². The smallest absolute Gasteiger partial charge is 0.279 e. The predicted molar refractivity (Wildman–Crippen MR) is 101 cm³/mol. The van der Waals surface area contributed by atoms with E-state index in [1.807, 2.05) is 44.2 Å². The van der Waals surface area contributed by atoms with Gasteiger partial charge in [-0.25, -0.2) is 0 Å². The summed E-state index contributed by atoms with van der Waals surface area (Å²) in [5.41, 5.74) is 0.101. The lowest BCUT2D eigenvalue weighted by Crippen LogP contribution is -2.38. The van der Waals surface area contributed by atoms with E-state index in [0.29, 0.717) is 13.0 Å². The highest BCUT2D eigenvalue weighted by atomic mass is 16.6. The maximum atomic E-state index is 13.2. The van der Waals surface area contributed by atoms with Gasteiger partial charge in [0.2, 0.25) is 0 Å². The average molecular weight is 371 g/mol. The predicted octanol–water partition coefficient (Wildman–Crippen LogP) is 4.25. The monoisotopic (exact) mass is 371 g/mol. The molecule has 0 aliphatic rings. The number of non-ortho nitro benzene ring substituents is 1. The van der Waals surface area contributed by atoms with Gasteiger partial charge in [-0.1, -0.05) is 37.3 Å². The molecular formula is C19H21N3O5.